The maximum Gasteiger partial charge on any atom is 0.306 e. The number of Topliss-reactive ketones (excluding diaryl/α,β-unsaturated/α-hetero) is 1. The van der Waals surface area contributed by atoms with Crippen molar-refractivity contribution in [2.75, 3.05) is 6.61 Å². The van der Waals surface area contributed by atoms with Crippen molar-refractivity contribution in [3.63, 3.8) is 0 Å². The fourth-order valence-corrected chi connectivity index (χ4v) is 0.225. The van der Waals surface area contributed by atoms with Crippen molar-refractivity contribution in [1.82, 2.24) is 0 Å². The van der Waals surface area contributed by atoms with Gasteiger partial charge in [0.25, 0.3) is 6.26 Å². The molecular weight excluding hydrogens is 144 g/mol. The highest BCUT2D eigenvalue weighted by molar-refractivity contribution is 5.86. The molecule has 0 aliphatic heterocycles. The lowest BCUT2D eigenvalue weighted by atomic mass is 10.3. The minimum absolute atomic E-state index is 0.454. The standard InChI is InChI=1S/C5H5F2NO2/c1-5(6,7)4(9)2-10-3-8/h2H2,1H3. The molecule has 0 atom stereocenters. The van der Waals surface area contributed by atoms with Gasteiger partial charge in [0.1, 0.15) is 0 Å². The summed E-state index contributed by atoms with van der Waals surface area (Å²) in [5.74, 6) is -4.80. The van der Waals surface area contributed by atoms with E-state index in [1.165, 1.54) is 0 Å². The van der Waals surface area contributed by atoms with E-state index in [4.69, 9.17) is 5.26 Å². The Hall–Kier alpha value is -1.18. The Labute approximate surface area is 56.2 Å². The third kappa shape index (κ3) is 2.97. The molecule has 0 aromatic carbocycles. The van der Waals surface area contributed by atoms with Gasteiger partial charge in [0.15, 0.2) is 6.61 Å². The highest BCUT2D eigenvalue weighted by atomic mass is 19.3. The Morgan fingerprint density at radius 1 is 1.80 bits per heavy atom. The third-order valence-electron chi connectivity index (χ3n) is 0.757. The van der Waals surface area contributed by atoms with E-state index in [2.05, 4.69) is 4.74 Å². The Bertz CT molecular complexity index is 167. The number of nitrogens with zero attached hydrogens (tertiary/aromatic N) is 1. The number of halogens is 2. The van der Waals surface area contributed by atoms with Crippen molar-refractivity contribution in [3.8, 4) is 6.26 Å². The van der Waals surface area contributed by atoms with Gasteiger partial charge in [-0.2, -0.15) is 14.0 Å². The summed E-state index contributed by atoms with van der Waals surface area (Å²) < 4.78 is 27.6. The first-order valence-corrected chi connectivity index (χ1v) is 2.40. The maximum absolute atomic E-state index is 11.9. The summed E-state index contributed by atoms with van der Waals surface area (Å²) in [5, 5.41) is 7.71. The number of rotatable bonds is 3. The van der Waals surface area contributed by atoms with Gasteiger partial charge in [-0.1, -0.05) is 0 Å². The Morgan fingerprint density at radius 2 is 2.30 bits per heavy atom. The van der Waals surface area contributed by atoms with Gasteiger partial charge in [0, 0.05) is 6.92 Å². The lowest BCUT2D eigenvalue weighted by molar-refractivity contribution is -0.143. The zero-order valence-electron chi connectivity index (χ0n) is 5.23. The molecule has 0 aliphatic rings. The van der Waals surface area contributed by atoms with E-state index in [-0.39, 0.29) is 0 Å². The van der Waals surface area contributed by atoms with Crippen LogP contribution in [0.1, 0.15) is 6.92 Å². The molecule has 56 valence electrons. The van der Waals surface area contributed by atoms with E-state index in [1.54, 1.807) is 0 Å². The van der Waals surface area contributed by atoms with Crippen LogP contribution in [0.3, 0.4) is 0 Å². The summed E-state index contributed by atoms with van der Waals surface area (Å²) in [6, 6.07) is 0. The first kappa shape index (κ1) is 8.82. The second kappa shape index (κ2) is 3.11. The normalized spacial score (nSPS) is 10.2. The topological polar surface area (TPSA) is 50.1 Å². The van der Waals surface area contributed by atoms with Gasteiger partial charge in [-0.05, 0) is 0 Å². The molecule has 0 saturated carbocycles. The predicted octanol–water partition coefficient (Wildman–Crippen LogP) is 0.708. The molecule has 0 aromatic heterocycles. The average molecular weight is 149 g/mol. The molecule has 0 spiro atoms. The number of carbonyl (C=O) groups is 1. The molecule has 0 aliphatic carbocycles. The lowest BCUT2D eigenvalue weighted by Crippen LogP contribution is -2.27. The van der Waals surface area contributed by atoms with Gasteiger partial charge in [-0.25, -0.2) is 0 Å². The van der Waals surface area contributed by atoms with Crippen molar-refractivity contribution in [3.05, 3.63) is 0 Å². The second-order valence-electron chi connectivity index (χ2n) is 1.69. The van der Waals surface area contributed by atoms with Crippen LogP contribution in [0.25, 0.3) is 0 Å². The molecule has 0 radical (unpaired) electrons. The Kier molecular flexibility index (Phi) is 2.74. The molecular formula is C5H5F2NO2. The van der Waals surface area contributed by atoms with Gasteiger partial charge in [-0.3, -0.25) is 4.79 Å². The van der Waals surface area contributed by atoms with Crippen molar-refractivity contribution >= 4 is 5.78 Å². The van der Waals surface area contributed by atoms with Crippen LogP contribution in [0.4, 0.5) is 8.78 Å². The molecule has 5 heteroatoms. The fraction of sp³-hybridized carbons (Fsp3) is 0.600. The van der Waals surface area contributed by atoms with Gasteiger partial charge < -0.3 is 4.74 Å². The molecule has 0 unspecified atom stereocenters. The van der Waals surface area contributed by atoms with E-state index < -0.39 is 18.3 Å². The van der Waals surface area contributed by atoms with Crippen molar-refractivity contribution in [1.29, 1.82) is 5.26 Å². The van der Waals surface area contributed by atoms with E-state index >= 15 is 0 Å². The number of alkyl halides is 2. The number of ketones is 1. The summed E-state index contributed by atoms with van der Waals surface area (Å²) in [7, 11) is 0. The summed E-state index contributed by atoms with van der Waals surface area (Å²) in [4.78, 5) is 10.2. The van der Waals surface area contributed by atoms with Crippen LogP contribution in [-0.4, -0.2) is 18.3 Å². The first-order chi connectivity index (χ1) is 4.48. The van der Waals surface area contributed by atoms with Crippen LogP contribution in [0.2, 0.25) is 0 Å². The maximum atomic E-state index is 11.9. The molecule has 0 aromatic rings. The minimum Gasteiger partial charge on any atom is -0.419 e. The predicted molar refractivity (Wildman–Crippen MR) is 27.2 cm³/mol. The SMILES string of the molecule is CC(F)(F)C(=O)COC#N. The van der Waals surface area contributed by atoms with Crippen molar-refractivity contribution < 1.29 is 18.3 Å². The highest BCUT2D eigenvalue weighted by Crippen LogP contribution is 2.12. The molecule has 0 fully saturated rings. The molecule has 0 rings (SSSR count). The minimum atomic E-state index is -3.41. The fourth-order valence-electron chi connectivity index (χ4n) is 0.225. The quantitative estimate of drug-likeness (QED) is 0.555. The molecule has 3 nitrogen and oxygen atoms in total. The first-order valence-electron chi connectivity index (χ1n) is 2.40. The number of nitriles is 1. The van der Waals surface area contributed by atoms with Crippen LogP contribution < -0.4 is 0 Å². The number of carbonyl (C=O) groups excluding carboxylic acids is 1. The monoisotopic (exact) mass is 149 g/mol. The van der Waals surface area contributed by atoms with E-state index in [9.17, 15) is 13.6 Å². The van der Waals surface area contributed by atoms with Crippen molar-refractivity contribution in [2.45, 2.75) is 12.8 Å². The van der Waals surface area contributed by atoms with Crippen molar-refractivity contribution in [2.24, 2.45) is 0 Å². The highest BCUT2D eigenvalue weighted by Gasteiger charge is 2.32. The molecule has 0 amide bonds. The Morgan fingerprint density at radius 3 is 2.60 bits per heavy atom. The smallest absolute Gasteiger partial charge is 0.306 e. The van der Waals surface area contributed by atoms with Crippen LogP contribution in [0.5, 0.6) is 0 Å². The van der Waals surface area contributed by atoms with Gasteiger partial charge in [-0.15, -0.1) is 0 Å². The summed E-state index contributed by atoms with van der Waals surface area (Å²) in [5.41, 5.74) is 0. The van der Waals surface area contributed by atoms with Gasteiger partial charge in [0.05, 0.1) is 0 Å². The van der Waals surface area contributed by atoms with Crippen LogP contribution in [-0.2, 0) is 9.53 Å². The molecule has 0 bridgehead atoms. The summed E-state index contributed by atoms with van der Waals surface area (Å²) >= 11 is 0. The molecule has 0 N–H and O–H groups in total. The van der Waals surface area contributed by atoms with E-state index in [1.807, 2.05) is 0 Å². The van der Waals surface area contributed by atoms with Crippen LogP contribution >= 0.6 is 0 Å². The zero-order chi connectivity index (χ0) is 8.20. The average Bonchev–Trinajstić information content (AvgIpc) is 1.80. The summed E-state index contributed by atoms with van der Waals surface area (Å²) in [6.45, 7) is -0.407. The number of ether oxygens (including phenoxy) is 1. The van der Waals surface area contributed by atoms with E-state index in [0.29, 0.717) is 6.92 Å². The van der Waals surface area contributed by atoms with E-state index in [0.717, 1.165) is 6.26 Å². The van der Waals surface area contributed by atoms with Crippen LogP contribution in [0.15, 0.2) is 0 Å². The lowest BCUT2D eigenvalue weighted by Gasteiger charge is -2.05. The molecule has 0 heterocycles. The molecule has 10 heavy (non-hydrogen) atoms. The molecule has 0 saturated heterocycles. The third-order valence-corrected chi connectivity index (χ3v) is 0.757. The van der Waals surface area contributed by atoms with Gasteiger partial charge in [0.2, 0.25) is 5.78 Å². The van der Waals surface area contributed by atoms with Gasteiger partial charge >= 0.3 is 5.92 Å². The number of hydrogen-bond acceptors (Lipinski definition) is 3. The second-order valence-corrected chi connectivity index (χ2v) is 1.69. The number of hydrogen-bond donors (Lipinski definition) is 0. The van der Waals surface area contributed by atoms with Crippen LogP contribution in [0, 0.1) is 11.5 Å². The largest absolute Gasteiger partial charge is 0.419 e. The zero-order valence-corrected chi connectivity index (χ0v) is 5.23. The summed E-state index contributed by atoms with van der Waals surface area (Å²) in [6.07, 6.45) is 1.12. The Balaban J connectivity index is 3.78.